The van der Waals surface area contributed by atoms with Gasteiger partial charge in [-0.05, 0) is 46.2 Å². The number of halogens is 2. The van der Waals surface area contributed by atoms with Gasteiger partial charge in [-0.15, -0.1) is 0 Å². The third kappa shape index (κ3) is 3.81. The Morgan fingerprint density at radius 3 is 2.68 bits per heavy atom. The molecule has 0 heterocycles. The monoisotopic (exact) mass is 339 g/mol. The van der Waals surface area contributed by atoms with Crippen LogP contribution in [0.25, 0.3) is 0 Å². The summed E-state index contributed by atoms with van der Waals surface area (Å²) < 4.78 is 15.0. The van der Waals surface area contributed by atoms with Crippen molar-refractivity contribution in [1.82, 2.24) is 5.32 Å². The van der Waals surface area contributed by atoms with Crippen molar-refractivity contribution in [3.63, 3.8) is 0 Å². The fourth-order valence-corrected chi connectivity index (χ4v) is 3.20. The zero-order chi connectivity index (χ0) is 13.7. The van der Waals surface area contributed by atoms with E-state index in [1.54, 1.807) is 6.07 Å². The predicted molar refractivity (Wildman–Crippen MR) is 82.0 cm³/mol. The third-order valence-electron chi connectivity index (χ3n) is 2.66. The lowest BCUT2D eigenvalue weighted by Gasteiger charge is -2.11. The molecule has 2 rings (SSSR count). The molecule has 0 spiro atoms. The van der Waals surface area contributed by atoms with Crippen molar-refractivity contribution >= 4 is 27.7 Å². The maximum Gasteiger partial charge on any atom is 0.137 e. The first-order valence-electron chi connectivity index (χ1n) is 6.13. The summed E-state index contributed by atoms with van der Waals surface area (Å²) in [7, 11) is 0. The van der Waals surface area contributed by atoms with Crippen LogP contribution in [0.1, 0.15) is 12.5 Å². The molecule has 0 amide bonds. The molecule has 0 bridgehead atoms. The first-order valence-corrected chi connectivity index (χ1v) is 7.73. The maximum atomic E-state index is 14.0. The smallest absolute Gasteiger partial charge is 0.137 e. The Bertz CT molecular complexity index is 560. The number of benzene rings is 2. The molecule has 0 aromatic heterocycles. The molecule has 0 atom stereocenters. The molecule has 0 aliphatic carbocycles. The van der Waals surface area contributed by atoms with Crippen LogP contribution in [0.4, 0.5) is 4.39 Å². The van der Waals surface area contributed by atoms with Crippen LogP contribution in [0.2, 0.25) is 0 Å². The summed E-state index contributed by atoms with van der Waals surface area (Å²) in [4.78, 5) is 1.71. The summed E-state index contributed by atoms with van der Waals surface area (Å²) in [6.07, 6.45) is 0. The van der Waals surface area contributed by atoms with Gasteiger partial charge in [-0.25, -0.2) is 4.39 Å². The minimum atomic E-state index is -0.170. The van der Waals surface area contributed by atoms with Gasteiger partial charge in [0.1, 0.15) is 5.82 Å². The van der Waals surface area contributed by atoms with Gasteiger partial charge in [0, 0.05) is 15.9 Å². The molecule has 0 aliphatic rings. The van der Waals surface area contributed by atoms with Crippen molar-refractivity contribution in [3.05, 3.63) is 58.3 Å². The van der Waals surface area contributed by atoms with Crippen LogP contribution in [0.3, 0.4) is 0 Å². The van der Waals surface area contributed by atoms with E-state index >= 15 is 0 Å². The molecule has 0 fully saturated rings. The fraction of sp³-hybridized carbons (Fsp3) is 0.200. The summed E-state index contributed by atoms with van der Waals surface area (Å²) in [5.74, 6) is -0.170. The highest BCUT2D eigenvalue weighted by Crippen LogP contribution is 2.36. The van der Waals surface area contributed by atoms with Crippen LogP contribution in [0, 0.1) is 5.82 Å². The number of nitrogens with one attached hydrogen (secondary N) is 1. The summed E-state index contributed by atoms with van der Waals surface area (Å²) in [5.41, 5.74) is 0.989. The molecule has 0 saturated carbocycles. The molecule has 0 radical (unpaired) electrons. The van der Waals surface area contributed by atoms with E-state index in [2.05, 4.69) is 21.2 Å². The first kappa shape index (κ1) is 14.6. The van der Waals surface area contributed by atoms with E-state index in [0.29, 0.717) is 11.4 Å². The van der Waals surface area contributed by atoms with Crippen molar-refractivity contribution in [2.24, 2.45) is 0 Å². The van der Waals surface area contributed by atoms with Gasteiger partial charge in [-0.2, -0.15) is 0 Å². The molecular weight excluding hydrogens is 325 g/mol. The first-order chi connectivity index (χ1) is 9.22. The number of rotatable bonds is 5. The molecule has 2 aromatic carbocycles. The van der Waals surface area contributed by atoms with Gasteiger partial charge >= 0.3 is 0 Å². The van der Waals surface area contributed by atoms with Crippen LogP contribution in [0.5, 0.6) is 0 Å². The Morgan fingerprint density at radius 1 is 1.16 bits per heavy atom. The molecule has 4 heteroatoms. The van der Waals surface area contributed by atoms with Crippen molar-refractivity contribution in [3.8, 4) is 0 Å². The van der Waals surface area contributed by atoms with Gasteiger partial charge in [0.05, 0.1) is 4.90 Å². The van der Waals surface area contributed by atoms with Gasteiger partial charge in [-0.1, -0.05) is 43.0 Å². The van der Waals surface area contributed by atoms with Crippen LogP contribution in [-0.4, -0.2) is 6.54 Å². The highest BCUT2D eigenvalue weighted by Gasteiger charge is 2.11. The van der Waals surface area contributed by atoms with E-state index in [4.69, 9.17) is 0 Å². The lowest BCUT2D eigenvalue weighted by atomic mass is 10.2. The zero-order valence-corrected chi connectivity index (χ0v) is 13.0. The Hall–Kier alpha value is -0.840. The average molecular weight is 340 g/mol. The Kier molecular flexibility index (Phi) is 5.43. The molecule has 1 N–H and O–H groups in total. The Balaban J connectivity index is 2.31. The topological polar surface area (TPSA) is 12.0 Å². The van der Waals surface area contributed by atoms with E-state index < -0.39 is 0 Å². The van der Waals surface area contributed by atoms with Crippen LogP contribution < -0.4 is 5.32 Å². The normalized spacial score (nSPS) is 10.7. The SMILES string of the molecule is CCNCc1cccc(F)c1Sc1ccccc1Br. The largest absolute Gasteiger partial charge is 0.313 e. The molecule has 100 valence electrons. The molecule has 1 nitrogen and oxygen atoms in total. The number of hydrogen-bond donors (Lipinski definition) is 1. The minimum absolute atomic E-state index is 0.170. The van der Waals surface area contributed by atoms with E-state index in [1.165, 1.54) is 17.8 Å². The molecule has 0 aliphatic heterocycles. The van der Waals surface area contributed by atoms with Crippen LogP contribution >= 0.6 is 27.7 Å². The Labute approximate surface area is 125 Å². The summed E-state index contributed by atoms with van der Waals surface area (Å²) in [5, 5.41) is 3.24. The summed E-state index contributed by atoms with van der Waals surface area (Å²) in [6.45, 7) is 3.59. The Morgan fingerprint density at radius 2 is 1.95 bits per heavy atom. The predicted octanol–water partition coefficient (Wildman–Crippen LogP) is 4.85. The van der Waals surface area contributed by atoms with Gasteiger partial charge < -0.3 is 5.32 Å². The lowest BCUT2D eigenvalue weighted by Crippen LogP contribution is -2.12. The van der Waals surface area contributed by atoms with E-state index in [9.17, 15) is 4.39 Å². The fourth-order valence-electron chi connectivity index (χ4n) is 1.70. The van der Waals surface area contributed by atoms with Gasteiger partial charge in [-0.3, -0.25) is 0 Å². The van der Waals surface area contributed by atoms with E-state index in [-0.39, 0.29) is 5.82 Å². The third-order valence-corrected chi connectivity index (χ3v) is 4.85. The minimum Gasteiger partial charge on any atom is -0.313 e. The van der Waals surface area contributed by atoms with Gasteiger partial charge in [0.15, 0.2) is 0 Å². The van der Waals surface area contributed by atoms with Crippen molar-refractivity contribution < 1.29 is 4.39 Å². The van der Waals surface area contributed by atoms with Gasteiger partial charge in [0.2, 0.25) is 0 Å². The molecule has 0 saturated heterocycles. The highest BCUT2D eigenvalue weighted by molar-refractivity contribution is 9.10. The van der Waals surface area contributed by atoms with E-state index in [1.807, 2.05) is 37.3 Å². The maximum absolute atomic E-state index is 14.0. The second-order valence-electron chi connectivity index (χ2n) is 4.04. The standard InChI is InChI=1S/C15H15BrFNS/c1-2-18-10-11-6-5-8-13(17)15(11)19-14-9-4-3-7-12(14)16/h3-9,18H,2,10H2,1H3. The van der Waals surface area contributed by atoms with Crippen molar-refractivity contribution in [2.75, 3.05) is 6.54 Å². The summed E-state index contributed by atoms with van der Waals surface area (Å²) in [6, 6.07) is 13.1. The molecular formula is C15H15BrFNS. The lowest BCUT2D eigenvalue weighted by molar-refractivity contribution is 0.591. The molecule has 0 unspecified atom stereocenters. The second kappa shape index (κ2) is 7.08. The molecule has 19 heavy (non-hydrogen) atoms. The quantitative estimate of drug-likeness (QED) is 0.835. The van der Waals surface area contributed by atoms with Crippen molar-refractivity contribution in [1.29, 1.82) is 0 Å². The zero-order valence-electron chi connectivity index (χ0n) is 10.6. The van der Waals surface area contributed by atoms with Crippen molar-refractivity contribution in [2.45, 2.75) is 23.3 Å². The highest BCUT2D eigenvalue weighted by atomic mass is 79.9. The summed E-state index contributed by atoms with van der Waals surface area (Å²) >= 11 is 4.95. The van der Waals surface area contributed by atoms with Crippen LogP contribution in [0.15, 0.2) is 56.7 Å². The van der Waals surface area contributed by atoms with E-state index in [0.717, 1.165) is 21.5 Å². The van der Waals surface area contributed by atoms with Gasteiger partial charge in [0.25, 0.3) is 0 Å². The average Bonchev–Trinajstić information content (AvgIpc) is 2.41. The van der Waals surface area contributed by atoms with Crippen LogP contribution in [-0.2, 0) is 6.54 Å². The second-order valence-corrected chi connectivity index (χ2v) is 5.95. The molecule has 2 aromatic rings. The number of hydrogen-bond acceptors (Lipinski definition) is 2.